The van der Waals surface area contributed by atoms with E-state index in [9.17, 15) is 29.7 Å². The van der Waals surface area contributed by atoms with Gasteiger partial charge in [0.15, 0.2) is 11.4 Å². The predicted molar refractivity (Wildman–Crippen MR) is 167 cm³/mol. The van der Waals surface area contributed by atoms with Crippen LogP contribution in [0.5, 0.6) is 0 Å². The zero-order chi connectivity index (χ0) is 32.5. The molecular weight excluding hydrogens is 560 g/mol. The monoisotopic (exact) mass is 606 g/mol. The smallest absolute Gasteiger partial charge is 0.331 e. The Balaban J connectivity index is 1.65. The fourth-order valence-corrected chi connectivity index (χ4v) is 8.06. The molecule has 4 aliphatic rings. The Morgan fingerprint density at radius 3 is 2.23 bits per heavy atom. The summed E-state index contributed by atoms with van der Waals surface area (Å²) in [5, 5.41) is 34.6. The minimum absolute atomic E-state index is 0.139. The Hall–Kier alpha value is -3.33. The molecule has 0 unspecified atom stereocenters. The van der Waals surface area contributed by atoms with Crippen molar-refractivity contribution in [1.29, 1.82) is 0 Å². The summed E-state index contributed by atoms with van der Waals surface area (Å²) in [5.41, 5.74) is -5.03. The van der Waals surface area contributed by atoms with E-state index >= 15 is 0 Å². The minimum Gasteiger partial charge on any atom is -0.458 e. The highest BCUT2D eigenvalue weighted by molar-refractivity contribution is 6.04. The number of unbranched alkanes of at least 4 members (excludes halogenated alkanes) is 1. The zero-order valence-corrected chi connectivity index (χ0v) is 26.5. The molecule has 0 aliphatic heterocycles. The Kier molecular flexibility index (Phi) is 9.60. The summed E-state index contributed by atoms with van der Waals surface area (Å²) in [6, 6.07) is 0. The molecule has 0 aromatic rings. The summed E-state index contributed by atoms with van der Waals surface area (Å²) in [6.07, 6.45) is 22.3. The lowest BCUT2D eigenvalue weighted by Gasteiger charge is -2.53. The van der Waals surface area contributed by atoms with Gasteiger partial charge in [-0.05, 0) is 24.5 Å². The maximum atomic E-state index is 13.2. The fourth-order valence-electron chi connectivity index (χ4n) is 8.06. The SMILES string of the molecule is CCCC=CC=CC=CC=CC=CC(=O)O[C@@]12[C@H](OC(C)=O)[C@@H](C)[C@]3(O)[C@H]4C=C(C)C(=O)[C@@]4(O)CC(CO)=C[C@H]3[C@H]1C2(C)C. The van der Waals surface area contributed by atoms with Gasteiger partial charge in [-0.1, -0.05) is 101 Å². The standard InChI is InChI=1S/C36H46O8/c1-7-8-9-10-11-12-13-14-15-16-17-18-29(39)44-36-30(33(36,5)6)27-20-26(22-37)21-34(41)28(19-23(2)31(34)40)35(27,42)24(3)32(36)43-25(4)38/h9-20,24,27-28,30,32,37,41-42H,7-8,21-22H2,1-6H3/t24-,27+,28+,30+,32-,34-,35-,36-/m1/s1. The molecule has 4 rings (SSSR count). The summed E-state index contributed by atoms with van der Waals surface area (Å²) in [7, 11) is 0. The van der Waals surface area contributed by atoms with E-state index in [1.807, 2.05) is 44.2 Å². The summed E-state index contributed by atoms with van der Waals surface area (Å²) < 4.78 is 12.1. The normalized spacial score (nSPS) is 37.7. The Labute approximate surface area is 260 Å². The molecule has 0 spiro atoms. The number of ketones is 1. The van der Waals surface area contributed by atoms with E-state index in [0.29, 0.717) is 11.1 Å². The number of esters is 2. The highest BCUT2D eigenvalue weighted by atomic mass is 16.6. The van der Waals surface area contributed by atoms with Crippen molar-refractivity contribution in [2.45, 2.75) is 83.7 Å². The second kappa shape index (κ2) is 12.6. The summed E-state index contributed by atoms with van der Waals surface area (Å²) in [6.45, 7) is 10.1. The van der Waals surface area contributed by atoms with Crippen LogP contribution in [0.15, 0.2) is 84.1 Å². The number of carbonyl (C=O) groups excluding carboxylic acids is 3. The second-order valence-electron chi connectivity index (χ2n) is 13.1. The van der Waals surface area contributed by atoms with Crippen molar-refractivity contribution in [3.63, 3.8) is 0 Å². The van der Waals surface area contributed by atoms with E-state index in [1.165, 1.54) is 13.0 Å². The molecule has 2 fully saturated rings. The van der Waals surface area contributed by atoms with Crippen LogP contribution in [0.4, 0.5) is 0 Å². The van der Waals surface area contributed by atoms with Crippen LogP contribution in [0.1, 0.15) is 60.8 Å². The molecule has 8 heteroatoms. The fraction of sp³-hybridized carbons (Fsp3) is 0.528. The summed E-state index contributed by atoms with van der Waals surface area (Å²) in [4.78, 5) is 38.9. The molecule has 8 atom stereocenters. The number of allylic oxidation sites excluding steroid dienone is 9. The summed E-state index contributed by atoms with van der Waals surface area (Å²) in [5.74, 6) is -4.88. The van der Waals surface area contributed by atoms with Gasteiger partial charge in [-0.15, -0.1) is 0 Å². The number of Topliss-reactive ketones (excluding diaryl/α,β-unsaturated/α-hetero) is 1. The molecule has 0 aromatic heterocycles. The Bertz CT molecular complexity index is 1380. The number of aliphatic hydroxyl groups excluding tert-OH is 1. The van der Waals surface area contributed by atoms with E-state index in [-0.39, 0.29) is 6.42 Å². The first-order valence-electron chi connectivity index (χ1n) is 15.4. The first kappa shape index (κ1) is 33.6. The van der Waals surface area contributed by atoms with Gasteiger partial charge in [0, 0.05) is 48.5 Å². The first-order valence-corrected chi connectivity index (χ1v) is 15.4. The molecule has 4 aliphatic carbocycles. The predicted octanol–water partition coefficient (Wildman–Crippen LogP) is 4.63. The Morgan fingerprint density at radius 2 is 1.64 bits per heavy atom. The molecule has 0 saturated heterocycles. The average molecular weight is 607 g/mol. The first-order chi connectivity index (χ1) is 20.7. The maximum absolute atomic E-state index is 13.2. The minimum atomic E-state index is -1.96. The van der Waals surface area contributed by atoms with Gasteiger partial charge in [-0.2, -0.15) is 0 Å². The van der Waals surface area contributed by atoms with Crippen molar-refractivity contribution < 1.29 is 39.2 Å². The van der Waals surface area contributed by atoms with Crippen LogP contribution in [0.25, 0.3) is 0 Å². The molecule has 44 heavy (non-hydrogen) atoms. The van der Waals surface area contributed by atoms with Crippen molar-refractivity contribution in [3.8, 4) is 0 Å². The van der Waals surface area contributed by atoms with Crippen LogP contribution in [-0.4, -0.2) is 62.6 Å². The Morgan fingerprint density at radius 1 is 1.02 bits per heavy atom. The van der Waals surface area contributed by atoms with E-state index in [0.717, 1.165) is 12.8 Å². The van der Waals surface area contributed by atoms with Gasteiger partial charge in [-0.3, -0.25) is 9.59 Å². The number of rotatable bonds is 10. The molecule has 0 amide bonds. The van der Waals surface area contributed by atoms with Gasteiger partial charge in [0.25, 0.3) is 0 Å². The number of carbonyl (C=O) groups is 3. The third-order valence-electron chi connectivity index (χ3n) is 10.1. The molecule has 0 radical (unpaired) electrons. The molecule has 8 nitrogen and oxygen atoms in total. The molecule has 0 aromatic carbocycles. The third-order valence-corrected chi connectivity index (χ3v) is 10.1. The van der Waals surface area contributed by atoms with Crippen LogP contribution in [0.3, 0.4) is 0 Å². The number of hydrogen-bond donors (Lipinski definition) is 3. The summed E-state index contributed by atoms with van der Waals surface area (Å²) >= 11 is 0. The largest absolute Gasteiger partial charge is 0.458 e. The van der Waals surface area contributed by atoms with Crippen molar-refractivity contribution in [1.82, 2.24) is 0 Å². The molecule has 238 valence electrons. The highest BCUT2D eigenvalue weighted by Gasteiger charge is 2.87. The number of fused-ring (bicyclic) bond motifs is 5. The lowest BCUT2D eigenvalue weighted by Crippen LogP contribution is -2.66. The molecule has 0 heterocycles. The molecular formula is C36H46O8. The van der Waals surface area contributed by atoms with Crippen molar-refractivity contribution in [3.05, 3.63) is 84.1 Å². The van der Waals surface area contributed by atoms with Crippen LogP contribution in [0.2, 0.25) is 0 Å². The number of hydrogen-bond acceptors (Lipinski definition) is 8. The van der Waals surface area contributed by atoms with Gasteiger partial charge in [0.05, 0.1) is 12.2 Å². The van der Waals surface area contributed by atoms with Gasteiger partial charge >= 0.3 is 11.9 Å². The highest BCUT2D eigenvalue weighted by Crippen LogP contribution is 2.77. The van der Waals surface area contributed by atoms with Crippen LogP contribution in [-0.2, 0) is 23.9 Å². The second-order valence-corrected chi connectivity index (χ2v) is 13.1. The van der Waals surface area contributed by atoms with Crippen molar-refractivity contribution in [2.24, 2.45) is 29.1 Å². The maximum Gasteiger partial charge on any atom is 0.331 e. The van der Waals surface area contributed by atoms with Crippen LogP contribution >= 0.6 is 0 Å². The average Bonchev–Trinajstić information content (AvgIpc) is 3.39. The number of aliphatic hydroxyl groups is 3. The molecule has 2 saturated carbocycles. The lowest BCUT2D eigenvalue weighted by molar-refractivity contribution is -0.226. The van der Waals surface area contributed by atoms with E-state index in [1.54, 1.807) is 44.2 Å². The van der Waals surface area contributed by atoms with Gasteiger partial charge in [0.2, 0.25) is 0 Å². The van der Waals surface area contributed by atoms with Crippen LogP contribution in [0, 0.1) is 29.1 Å². The van der Waals surface area contributed by atoms with E-state index < -0.39 is 76.3 Å². The van der Waals surface area contributed by atoms with Gasteiger partial charge in [-0.25, -0.2) is 4.79 Å². The molecule has 0 bridgehead atoms. The third kappa shape index (κ3) is 5.41. The molecule has 3 N–H and O–H groups in total. The van der Waals surface area contributed by atoms with Crippen molar-refractivity contribution in [2.75, 3.05) is 6.61 Å². The zero-order valence-electron chi connectivity index (χ0n) is 26.5. The number of ether oxygens (including phenoxy) is 2. The van der Waals surface area contributed by atoms with E-state index in [2.05, 4.69) is 13.0 Å². The van der Waals surface area contributed by atoms with Gasteiger partial charge in [0.1, 0.15) is 11.7 Å². The van der Waals surface area contributed by atoms with E-state index in [4.69, 9.17) is 9.47 Å². The quantitative estimate of drug-likeness (QED) is 0.142. The topological polar surface area (TPSA) is 130 Å². The van der Waals surface area contributed by atoms with Crippen LogP contribution < -0.4 is 0 Å². The van der Waals surface area contributed by atoms with Gasteiger partial charge < -0.3 is 24.8 Å². The van der Waals surface area contributed by atoms with Crippen molar-refractivity contribution >= 4 is 17.7 Å². The lowest BCUT2D eigenvalue weighted by atomic mass is 9.59.